The molecule has 3 heteroatoms. The van der Waals surface area contributed by atoms with Gasteiger partial charge in [-0.05, 0) is 26.2 Å². The Bertz CT molecular complexity index is 246. The van der Waals surface area contributed by atoms with Crippen LogP contribution >= 0.6 is 0 Å². The molecule has 0 bridgehead atoms. The highest BCUT2D eigenvalue weighted by atomic mass is 16.5. The Morgan fingerprint density at radius 3 is 2.75 bits per heavy atom. The summed E-state index contributed by atoms with van der Waals surface area (Å²) < 4.78 is 5.54. The van der Waals surface area contributed by atoms with Crippen molar-refractivity contribution in [1.29, 1.82) is 0 Å². The van der Waals surface area contributed by atoms with E-state index in [1.54, 1.807) is 0 Å². The molecule has 2 N–H and O–H groups in total. The Labute approximate surface area is 99.3 Å². The maximum Gasteiger partial charge on any atom is 0.0624 e. The van der Waals surface area contributed by atoms with Crippen LogP contribution in [0.1, 0.15) is 40.0 Å². The SMILES string of the molecule is CCC1CCC(C)N1CC1(C)COCC1N. The standard InChI is InChI=1S/C13H26N2O/c1-4-11-6-5-10(2)15(11)8-13(3)9-16-7-12(13)14/h10-12H,4-9,14H2,1-3H3. The van der Waals surface area contributed by atoms with E-state index in [-0.39, 0.29) is 11.5 Å². The summed E-state index contributed by atoms with van der Waals surface area (Å²) in [6, 6.07) is 1.69. The van der Waals surface area contributed by atoms with Crippen LogP contribution in [0.25, 0.3) is 0 Å². The van der Waals surface area contributed by atoms with Crippen LogP contribution in [0, 0.1) is 5.41 Å². The molecule has 0 aliphatic carbocycles. The van der Waals surface area contributed by atoms with Gasteiger partial charge in [0.1, 0.15) is 0 Å². The average molecular weight is 226 g/mol. The maximum absolute atomic E-state index is 6.17. The molecule has 2 fully saturated rings. The van der Waals surface area contributed by atoms with Crippen molar-refractivity contribution in [1.82, 2.24) is 4.90 Å². The quantitative estimate of drug-likeness (QED) is 0.794. The fourth-order valence-electron chi connectivity index (χ4n) is 3.16. The number of likely N-dealkylation sites (tertiary alicyclic amines) is 1. The first-order valence-corrected chi connectivity index (χ1v) is 6.66. The lowest BCUT2D eigenvalue weighted by molar-refractivity contribution is 0.0922. The third kappa shape index (κ3) is 2.13. The van der Waals surface area contributed by atoms with E-state index >= 15 is 0 Å². The first-order valence-electron chi connectivity index (χ1n) is 6.66. The molecule has 0 aromatic rings. The fourth-order valence-corrected chi connectivity index (χ4v) is 3.16. The Balaban J connectivity index is 2.02. The van der Waals surface area contributed by atoms with Crippen molar-refractivity contribution in [3.63, 3.8) is 0 Å². The van der Waals surface area contributed by atoms with Crippen molar-refractivity contribution in [2.24, 2.45) is 11.1 Å². The van der Waals surface area contributed by atoms with E-state index in [4.69, 9.17) is 10.5 Å². The summed E-state index contributed by atoms with van der Waals surface area (Å²) in [4.78, 5) is 2.66. The molecule has 0 spiro atoms. The third-order valence-electron chi connectivity index (χ3n) is 4.59. The number of hydrogen-bond acceptors (Lipinski definition) is 3. The summed E-state index contributed by atoms with van der Waals surface area (Å²) in [7, 11) is 0. The van der Waals surface area contributed by atoms with E-state index in [1.807, 2.05) is 0 Å². The van der Waals surface area contributed by atoms with Gasteiger partial charge in [-0.15, -0.1) is 0 Å². The van der Waals surface area contributed by atoms with Crippen molar-refractivity contribution in [3.8, 4) is 0 Å². The molecule has 3 nitrogen and oxygen atoms in total. The summed E-state index contributed by atoms with van der Waals surface area (Å²) in [5, 5.41) is 0. The van der Waals surface area contributed by atoms with Crippen LogP contribution < -0.4 is 5.73 Å². The molecule has 2 saturated heterocycles. The van der Waals surface area contributed by atoms with Gasteiger partial charge in [-0.25, -0.2) is 0 Å². The monoisotopic (exact) mass is 226 g/mol. The number of hydrogen-bond donors (Lipinski definition) is 1. The minimum atomic E-state index is 0.159. The highest BCUT2D eigenvalue weighted by Gasteiger charge is 2.42. The second kappa shape index (κ2) is 4.63. The zero-order valence-corrected chi connectivity index (χ0v) is 10.9. The topological polar surface area (TPSA) is 38.5 Å². The van der Waals surface area contributed by atoms with Gasteiger partial charge in [0.05, 0.1) is 13.2 Å². The minimum Gasteiger partial charge on any atom is -0.379 e. The molecular formula is C13H26N2O. The fraction of sp³-hybridized carbons (Fsp3) is 1.00. The number of ether oxygens (including phenoxy) is 1. The average Bonchev–Trinajstić information content (AvgIpc) is 2.75. The van der Waals surface area contributed by atoms with Crippen molar-refractivity contribution in [2.75, 3.05) is 19.8 Å². The van der Waals surface area contributed by atoms with E-state index in [2.05, 4.69) is 25.7 Å². The molecule has 4 atom stereocenters. The van der Waals surface area contributed by atoms with Gasteiger partial charge in [-0.1, -0.05) is 13.8 Å². The van der Waals surface area contributed by atoms with Crippen molar-refractivity contribution < 1.29 is 4.74 Å². The van der Waals surface area contributed by atoms with Crippen LogP contribution in [-0.4, -0.2) is 42.8 Å². The van der Waals surface area contributed by atoms with Crippen LogP contribution in [0.5, 0.6) is 0 Å². The Hall–Kier alpha value is -0.120. The van der Waals surface area contributed by atoms with E-state index in [0.29, 0.717) is 0 Å². The molecule has 2 rings (SSSR count). The first kappa shape index (κ1) is 12.3. The van der Waals surface area contributed by atoms with Gasteiger partial charge < -0.3 is 10.5 Å². The van der Waals surface area contributed by atoms with Gasteiger partial charge in [0.25, 0.3) is 0 Å². The highest BCUT2D eigenvalue weighted by Crippen LogP contribution is 2.34. The van der Waals surface area contributed by atoms with Crippen LogP contribution in [0.2, 0.25) is 0 Å². The molecule has 0 radical (unpaired) electrons. The number of nitrogens with zero attached hydrogens (tertiary/aromatic N) is 1. The second-order valence-corrected chi connectivity index (χ2v) is 5.94. The van der Waals surface area contributed by atoms with Crippen molar-refractivity contribution in [3.05, 3.63) is 0 Å². The molecule has 16 heavy (non-hydrogen) atoms. The van der Waals surface area contributed by atoms with E-state index in [0.717, 1.165) is 31.8 Å². The second-order valence-electron chi connectivity index (χ2n) is 5.94. The van der Waals surface area contributed by atoms with Crippen LogP contribution in [0.3, 0.4) is 0 Å². The van der Waals surface area contributed by atoms with E-state index in [1.165, 1.54) is 19.3 Å². The molecule has 2 aliphatic rings. The predicted molar refractivity (Wildman–Crippen MR) is 66.4 cm³/mol. The number of nitrogens with two attached hydrogens (primary N) is 1. The van der Waals surface area contributed by atoms with Crippen LogP contribution in [0.4, 0.5) is 0 Å². The van der Waals surface area contributed by atoms with Gasteiger partial charge in [0, 0.05) is 30.1 Å². The Morgan fingerprint density at radius 1 is 1.44 bits per heavy atom. The zero-order valence-electron chi connectivity index (χ0n) is 10.9. The summed E-state index contributed by atoms with van der Waals surface area (Å²) in [5.41, 5.74) is 6.33. The summed E-state index contributed by atoms with van der Waals surface area (Å²) in [6.45, 7) is 9.59. The molecule has 2 aliphatic heterocycles. The van der Waals surface area contributed by atoms with Gasteiger partial charge in [-0.2, -0.15) is 0 Å². The molecule has 0 amide bonds. The Kier molecular flexibility index (Phi) is 3.57. The van der Waals surface area contributed by atoms with Gasteiger partial charge in [-0.3, -0.25) is 4.90 Å². The molecule has 2 heterocycles. The number of rotatable bonds is 3. The summed E-state index contributed by atoms with van der Waals surface area (Å²) in [5.74, 6) is 0. The van der Waals surface area contributed by atoms with Gasteiger partial charge in [0.2, 0.25) is 0 Å². The molecule has 0 saturated carbocycles. The molecule has 94 valence electrons. The van der Waals surface area contributed by atoms with Gasteiger partial charge in [0.15, 0.2) is 0 Å². The van der Waals surface area contributed by atoms with Crippen LogP contribution in [0.15, 0.2) is 0 Å². The lowest BCUT2D eigenvalue weighted by atomic mass is 9.84. The van der Waals surface area contributed by atoms with Crippen LogP contribution in [-0.2, 0) is 4.74 Å². The molecular weight excluding hydrogens is 200 g/mol. The third-order valence-corrected chi connectivity index (χ3v) is 4.59. The predicted octanol–water partition coefficient (Wildman–Crippen LogP) is 1.61. The molecule has 0 aromatic carbocycles. The summed E-state index contributed by atoms with van der Waals surface area (Å²) in [6.07, 6.45) is 3.95. The normalized spacial score (nSPS) is 45.4. The van der Waals surface area contributed by atoms with Crippen molar-refractivity contribution in [2.45, 2.75) is 58.2 Å². The molecule has 0 aromatic heterocycles. The van der Waals surface area contributed by atoms with E-state index < -0.39 is 0 Å². The van der Waals surface area contributed by atoms with Gasteiger partial charge >= 0.3 is 0 Å². The largest absolute Gasteiger partial charge is 0.379 e. The lowest BCUT2D eigenvalue weighted by Gasteiger charge is -2.37. The summed E-state index contributed by atoms with van der Waals surface area (Å²) >= 11 is 0. The minimum absolute atomic E-state index is 0.159. The maximum atomic E-state index is 6.17. The Morgan fingerprint density at radius 2 is 2.19 bits per heavy atom. The smallest absolute Gasteiger partial charge is 0.0624 e. The zero-order chi connectivity index (χ0) is 11.8. The lowest BCUT2D eigenvalue weighted by Crippen LogP contribution is -2.49. The van der Waals surface area contributed by atoms with Crippen molar-refractivity contribution >= 4 is 0 Å². The highest BCUT2D eigenvalue weighted by molar-refractivity contribution is 4.96. The molecule has 4 unspecified atom stereocenters. The van der Waals surface area contributed by atoms with E-state index in [9.17, 15) is 0 Å². The first-order chi connectivity index (χ1) is 7.57.